The predicted molar refractivity (Wildman–Crippen MR) is 72.9 cm³/mol. The van der Waals surface area contributed by atoms with Crippen LogP contribution in [0.5, 0.6) is 0 Å². The molecule has 0 heterocycles. The molecular formula is C15H25NO. The molecule has 1 aromatic rings. The summed E-state index contributed by atoms with van der Waals surface area (Å²) in [5, 5.41) is 12.8. The molecule has 0 fully saturated rings. The van der Waals surface area contributed by atoms with Gasteiger partial charge in [0.1, 0.15) is 0 Å². The third-order valence-electron chi connectivity index (χ3n) is 3.41. The van der Waals surface area contributed by atoms with E-state index in [9.17, 15) is 5.11 Å². The van der Waals surface area contributed by atoms with Gasteiger partial charge >= 0.3 is 0 Å². The third kappa shape index (κ3) is 4.14. The first-order valence-corrected chi connectivity index (χ1v) is 6.48. The van der Waals surface area contributed by atoms with Gasteiger partial charge in [-0.1, -0.05) is 51.1 Å². The Morgan fingerprint density at radius 1 is 1.06 bits per heavy atom. The van der Waals surface area contributed by atoms with Crippen molar-refractivity contribution in [2.45, 2.75) is 39.8 Å². The first-order chi connectivity index (χ1) is 8.06. The fourth-order valence-electron chi connectivity index (χ4n) is 1.94. The topological polar surface area (TPSA) is 32.3 Å². The maximum atomic E-state index is 9.19. The van der Waals surface area contributed by atoms with Gasteiger partial charge in [-0.3, -0.25) is 0 Å². The molecule has 0 aromatic heterocycles. The van der Waals surface area contributed by atoms with Crippen molar-refractivity contribution in [3.63, 3.8) is 0 Å². The molecule has 96 valence electrons. The van der Waals surface area contributed by atoms with Crippen LogP contribution in [0.15, 0.2) is 30.3 Å². The minimum absolute atomic E-state index is 0.230. The van der Waals surface area contributed by atoms with Crippen LogP contribution in [0.1, 0.15) is 39.3 Å². The first-order valence-electron chi connectivity index (χ1n) is 6.48. The average Bonchev–Trinajstić information content (AvgIpc) is 2.35. The van der Waals surface area contributed by atoms with Crippen molar-refractivity contribution in [2.24, 2.45) is 11.8 Å². The fraction of sp³-hybridized carbons (Fsp3) is 0.600. The normalized spacial score (nSPS) is 16.8. The molecule has 1 aromatic carbocycles. The van der Waals surface area contributed by atoms with Crippen LogP contribution in [0.2, 0.25) is 0 Å². The van der Waals surface area contributed by atoms with Crippen LogP contribution in [-0.4, -0.2) is 17.8 Å². The lowest BCUT2D eigenvalue weighted by molar-refractivity contribution is 0.194. The van der Waals surface area contributed by atoms with Crippen molar-refractivity contribution in [1.82, 2.24) is 5.32 Å². The zero-order chi connectivity index (χ0) is 12.8. The van der Waals surface area contributed by atoms with Gasteiger partial charge in [0.15, 0.2) is 0 Å². The summed E-state index contributed by atoms with van der Waals surface area (Å²) in [6, 6.07) is 11.2. The lowest BCUT2D eigenvalue weighted by atomic mass is 9.93. The second kappa shape index (κ2) is 6.77. The Bertz CT molecular complexity index is 310. The molecular weight excluding hydrogens is 210 g/mol. The number of benzene rings is 1. The number of hydrogen-bond donors (Lipinski definition) is 2. The quantitative estimate of drug-likeness (QED) is 0.794. The van der Waals surface area contributed by atoms with Gasteiger partial charge in [0.25, 0.3) is 0 Å². The minimum Gasteiger partial charge on any atom is -0.396 e. The van der Waals surface area contributed by atoms with Gasteiger partial charge in [0.2, 0.25) is 0 Å². The molecule has 3 unspecified atom stereocenters. The summed E-state index contributed by atoms with van der Waals surface area (Å²) in [5.41, 5.74) is 1.32. The Labute approximate surface area is 105 Å². The summed E-state index contributed by atoms with van der Waals surface area (Å²) < 4.78 is 0. The molecule has 2 heteroatoms. The van der Waals surface area contributed by atoms with Crippen molar-refractivity contribution in [3.8, 4) is 0 Å². The van der Waals surface area contributed by atoms with Crippen LogP contribution < -0.4 is 5.32 Å². The molecule has 2 nitrogen and oxygen atoms in total. The molecule has 1 rings (SSSR count). The van der Waals surface area contributed by atoms with Gasteiger partial charge in [0.05, 0.1) is 0 Å². The van der Waals surface area contributed by atoms with Crippen LogP contribution in [0.25, 0.3) is 0 Å². The highest BCUT2D eigenvalue weighted by molar-refractivity contribution is 5.19. The van der Waals surface area contributed by atoms with Gasteiger partial charge < -0.3 is 10.4 Å². The summed E-state index contributed by atoms with van der Waals surface area (Å²) in [7, 11) is 0. The summed E-state index contributed by atoms with van der Waals surface area (Å²) >= 11 is 0. The average molecular weight is 235 g/mol. The van der Waals surface area contributed by atoms with E-state index < -0.39 is 0 Å². The third-order valence-corrected chi connectivity index (χ3v) is 3.41. The van der Waals surface area contributed by atoms with E-state index in [1.54, 1.807) is 0 Å². The summed E-state index contributed by atoms with van der Waals surface area (Å²) in [6.45, 7) is 8.88. The molecule has 0 amide bonds. The van der Waals surface area contributed by atoms with Crippen molar-refractivity contribution in [3.05, 3.63) is 35.9 Å². The number of hydrogen-bond acceptors (Lipinski definition) is 2. The fourth-order valence-corrected chi connectivity index (χ4v) is 1.94. The zero-order valence-corrected chi connectivity index (χ0v) is 11.4. The largest absolute Gasteiger partial charge is 0.396 e. The Morgan fingerprint density at radius 3 is 2.12 bits per heavy atom. The van der Waals surface area contributed by atoms with E-state index in [1.165, 1.54) is 5.56 Å². The highest BCUT2D eigenvalue weighted by atomic mass is 16.3. The van der Waals surface area contributed by atoms with Gasteiger partial charge in [-0.05, 0) is 24.3 Å². The highest BCUT2D eigenvalue weighted by Crippen LogP contribution is 2.23. The van der Waals surface area contributed by atoms with E-state index in [2.05, 4.69) is 57.3 Å². The van der Waals surface area contributed by atoms with Crippen LogP contribution >= 0.6 is 0 Å². The molecule has 2 N–H and O–H groups in total. The molecule has 0 bridgehead atoms. The van der Waals surface area contributed by atoms with Crippen molar-refractivity contribution in [2.75, 3.05) is 6.61 Å². The van der Waals surface area contributed by atoms with E-state index in [0.29, 0.717) is 18.0 Å². The second-order valence-corrected chi connectivity index (χ2v) is 5.25. The minimum atomic E-state index is 0.230. The van der Waals surface area contributed by atoms with Gasteiger partial charge in [-0.2, -0.15) is 0 Å². The monoisotopic (exact) mass is 235 g/mol. The Morgan fingerprint density at radius 2 is 1.65 bits per heavy atom. The van der Waals surface area contributed by atoms with Gasteiger partial charge in [0, 0.05) is 18.7 Å². The molecule has 0 aliphatic carbocycles. The molecule has 0 saturated carbocycles. The molecule has 0 aliphatic rings. The smallest absolute Gasteiger partial charge is 0.0471 e. The maximum Gasteiger partial charge on any atom is 0.0471 e. The molecule has 0 saturated heterocycles. The van der Waals surface area contributed by atoms with Crippen LogP contribution in [0.3, 0.4) is 0 Å². The molecule has 3 atom stereocenters. The van der Waals surface area contributed by atoms with E-state index in [0.717, 1.165) is 0 Å². The number of nitrogens with one attached hydrogen (secondary N) is 1. The molecule has 0 aliphatic heterocycles. The number of aliphatic hydroxyl groups excluding tert-OH is 1. The van der Waals surface area contributed by atoms with E-state index in [-0.39, 0.29) is 12.5 Å². The maximum absolute atomic E-state index is 9.19. The lowest BCUT2D eigenvalue weighted by Gasteiger charge is -2.29. The van der Waals surface area contributed by atoms with Crippen molar-refractivity contribution >= 4 is 0 Å². The zero-order valence-electron chi connectivity index (χ0n) is 11.4. The Kier molecular flexibility index (Phi) is 5.66. The summed E-state index contributed by atoms with van der Waals surface area (Å²) in [5.74, 6) is 0.811. The van der Waals surface area contributed by atoms with Crippen molar-refractivity contribution in [1.29, 1.82) is 0 Å². The van der Waals surface area contributed by atoms with Crippen molar-refractivity contribution < 1.29 is 5.11 Å². The molecule has 0 radical (unpaired) electrons. The Balaban J connectivity index is 2.74. The predicted octanol–water partition coefficient (Wildman–Crippen LogP) is 2.99. The number of rotatable bonds is 6. The standard InChI is InChI=1S/C15H25NO/c1-11(2)15(14-8-6-5-7-9-14)16-13(4)12(3)10-17/h5-9,11-13,15-17H,10H2,1-4H3. The summed E-state index contributed by atoms with van der Waals surface area (Å²) in [4.78, 5) is 0. The highest BCUT2D eigenvalue weighted by Gasteiger charge is 2.20. The number of aliphatic hydroxyl groups is 1. The molecule has 0 spiro atoms. The van der Waals surface area contributed by atoms with E-state index in [4.69, 9.17) is 0 Å². The van der Waals surface area contributed by atoms with Crippen LogP contribution in [-0.2, 0) is 0 Å². The second-order valence-electron chi connectivity index (χ2n) is 5.25. The lowest BCUT2D eigenvalue weighted by Crippen LogP contribution is -2.38. The first kappa shape index (κ1) is 14.2. The van der Waals surface area contributed by atoms with E-state index >= 15 is 0 Å². The van der Waals surface area contributed by atoms with Gasteiger partial charge in [-0.25, -0.2) is 0 Å². The van der Waals surface area contributed by atoms with Crippen LogP contribution in [0, 0.1) is 11.8 Å². The SMILES string of the molecule is CC(C)C(NC(C)C(C)CO)c1ccccc1. The van der Waals surface area contributed by atoms with E-state index in [1.807, 2.05) is 6.07 Å². The van der Waals surface area contributed by atoms with Gasteiger partial charge in [-0.15, -0.1) is 0 Å². The Hall–Kier alpha value is -0.860. The van der Waals surface area contributed by atoms with Crippen LogP contribution in [0.4, 0.5) is 0 Å². The molecule has 17 heavy (non-hydrogen) atoms. The summed E-state index contributed by atoms with van der Waals surface area (Å²) in [6.07, 6.45) is 0.